The molecule has 0 radical (unpaired) electrons. The van der Waals surface area contributed by atoms with Gasteiger partial charge in [-0.15, -0.1) is 0 Å². The third-order valence-electron chi connectivity index (χ3n) is 3.58. The van der Waals surface area contributed by atoms with Crippen LogP contribution in [-0.4, -0.2) is 39.5 Å². The molecule has 0 spiro atoms. The number of nitrogens with zero attached hydrogens (tertiary/aromatic N) is 2. The molecule has 7 heteroatoms. The van der Waals surface area contributed by atoms with Crippen LogP contribution >= 0.6 is 35.0 Å². The lowest BCUT2D eigenvalue weighted by molar-refractivity contribution is -0.141. The molecule has 0 aliphatic carbocycles. The molecule has 1 N–H and O–H groups in total. The number of aliphatic imine (C=N–C) groups is 1. The van der Waals surface area contributed by atoms with Gasteiger partial charge in [0.1, 0.15) is 0 Å². The Balaban J connectivity index is 2.28. The molecule has 2 rings (SSSR count). The molecule has 1 aliphatic rings. The molecule has 1 aromatic rings. The summed E-state index contributed by atoms with van der Waals surface area (Å²) >= 11 is 13.4. The molecule has 1 saturated heterocycles. The highest BCUT2D eigenvalue weighted by Gasteiger charge is 2.39. The highest BCUT2D eigenvalue weighted by Crippen LogP contribution is 2.37. The van der Waals surface area contributed by atoms with E-state index in [0.717, 1.165) is 5.17 Å². The Morgan fingerprint density at radius 3 is 2.48 bits per heavy atom. The fourth-order valence-electron chi connectivity index (χ4n) is 2.18. The summed E-state index contributed by atoms with van der Waals surface area (Å²) in [4.78, 5) is 17.7. The number of amidine groups is 1. The highest BCUT2D eigenvalue weighted by molar-refractivity contribution is 8.14. The Morgan fingerprint density at radius 1 is 1.38 bits per heavy atom. The standard InChI is InChI=1S/C14H16Cl2N2O2S/c1-7(13(19)20)12-8(2)18(3)14(21-12)17-11-5-9(15)4-10(16)6-11/h4-8,12H,1-3H3,(H,19,20). The second-order valence-corrected chi connectivity index (χ2v) is 7.10. The number of rotatable bonds is 3. The molecule has 1 heterocycles. The first-order valence-electron chi connectivity index (χ1n) is 6.46. The van der Waals surface area contributed by atoms with Gasteiger partial charge in [0.2, 0.25) is 0 Å². The van der Waals surface area contributed by atoms with Crippen LogP contribution in [0.1, 0.15) is 13.8 Å². The summed E-state index contributed by atoms with van der Waals surface area (Å²) in [5.41, 5.74) is 0.665. The zero-order chi connectivity index (χ0) is 15.7. The van der Waals surface area contributed by atoms with Crippen molar-refractivity contribution >= 4 is 51.8 Å². The number of carboxylic acid groups (broad SMARTS) is 1. The Hall–Kier alpha value is -0.910. The molecule has 1 fully saturated rings. The van der Waals surface area contributed by atoms with E-state index in [9.17, 15) is 9.90 Å². The fourth-order valence-corrected chi connectivity index (χ4v) is 4.13. The van der Waals surface area contributed by atoms with E-state index in [0.29, 0.717) is 15.7 Å². The van der Waals surface area contributed by atoms with Gasteiger partial charge in [-0.3, -0.25) is 4.79 Å². The maximum atomic E-state index is 11.2. The first kappa shape index (κ1) is 16.5. The van der Waals surface area contributed by atoms with E-state index in [-0.39, 0.29) is 11.3 Å². The third-order valence-corrected chi connectivity index (χ3v) is 5.68. The third kappa shape index (κ3) is 3.65. The van der Waals surface area contributed by atoms with Crippen LogP contribution in [0.5, 0.6) is 0 Å². The highest BCUT2D eigenvalue weighted by atomic mass is 35.5. The van der Waals surface area contributed by atoms with Crippen LogP contribution in [0.25, 0.3) is 0 Å². The molecule has 21 heavy (non-hydrogen) atoms. The number of aliphatic carboxylic acids is 1. The topological polar surface area (TPSA) is 52.9 Å². The average Bonchev–Trinajstić information content (AvgIpc) is 2.65. The lowest BCUT2D eigenvalue weighted by Crippen LogP contribution is -2.36. The van der Waals surface area contributed by atoms with Crippen LogP contribution in [0.3, 0.4) is 0 Å². The fraction of sp³-hybridized carbons (Fsp3) is 0.429. The SMILES string of the molecule is CC(C(=O)O)C1SC(=Nc2cc(Cl)cc(Cl)c2)N(C)C1C. The van der Waals surface area contributed by atoms with Crippen LogP contribution in [0.2, 0.25) is 10.0 Å². The maximum absolute atomic E-state index is 11.2. The van der Waals surface area contributed by atoms with Crippen molar-refractivity contribution in [2.45, 2.75) is 25.1 Å². The van der Waals surface area contributed by atoms with Crippen LogP contribution in [0, 0.1) is 5.92 Å². The van der Waals surface area contributed by atoms with Gasteiger partial charge in [0.15, 0.2) is 5.17 Å². The minimum Gasteiger partial charge on any atom is -0.481 e. The second-order valence-electron chi connectivity index (χ2n) is 5.08. The molecule has 1 aromatic carbocycles. The Kier molecular flexibility index (Phi) is 5.07. The summed E-state index contributed by atoms with van der Waals surface area (Å²) in [5.74, 6) is -1.23. The van der Waals surface area contributed by atoms with E-state index in [1.54, 1.807) is 25.1 Å². The van der Waals surface area contributed by atoms with Gasteiger partial charge in [0, 0.05) is 28.4 Å². The zero-order valence-electron chi connectivity index (χ0n) is 11.9. The van der Waals surface area contributed by atoms with Gasteiger partial charge < -0.3 is 10.0 Å². The number of hydrogen-bond donors (Lipinski definition) is 1. The molecule has 3 atom stereocenters. The summed E-state index contributed by atoms with van der Waals surface area (Å²) in [6, 6.07) is 5.20. The average molecular weight is 347 g/mol. The minimum absolute atomic E-state index is 0.0408. The quantitative estimate of drug-likeness (QED) is 0.893. The predicted octanol–water partition coefficient (Wildman–Crippen LogP) is 4.14. The van der Waals surface area contributed by atoms with Crippen molar-refractivity contribution in [3.05, 3.63) is 28.2 Å². The number of carbonyl (C=O) groups is 1. The Morgan fingerprint density at radius 2 is 1.95 bits per heavy atom. The van der Waals surface area contributed by atoms with E-state index >= 15 is 0 Å². The van der Waals surface area contributed by atoms with Gasteiger partial charge in [0.05, 0.1) is 11.6 Å². The van der Waals surface area contributed by atoms with E-state index in [1.165, 1.54) is 11.8 Å². The Bertz CT molecular complexity index is 574. The van der Waals surface area contributed by atoms with Crippen molar-refractivity contribution in [3.63, 3.8) is 0 Å². The van der Waals surface area contributed by atoms with Crippen LogP contribution in [0.15, 0.2) is 23.2 Å². The number of benzene rings is 1. The minimum atomic E-state index is -0.792. The van der Waals surface area contributed by atoms with E-state index in [2.05, 4.69) is 4.99 Å². The van der Waals surface area contributed by atoms with Gasteiger partial charge in [-0.05, 0) is 25.1 Å². The van der Waals surface area contributed by atoms with E-state index < -0.39 is 11.9 Å². The molecule has 1 aliphatic heterocycles. The lowest BCUT2D eigenvalue weighted by atomic mass is 10.0. The second kappa shape index (κ2) is 6.46. The predicted molar refractivity (Wildman–Crippen MR) is 89.0 cm³/mol. The van der Waals surface area contributed by atoms with Crippen LogP contribution in [-0.2, 0) is 4.79 Å². The summed E-state index contributed by atoms with van der Waals surface area (Å²) in [5, 5.41) is 11.0. The van der Waals surface area contributed by atoms with Gasteiger partial charge >= 0.3 is 5.97 Å². The number of hydrogen-bond acceptors (Lipinski definition) is 3. The lowest BCUT2D eigenvalue weighted by Gasteiger charge is -2.22. The van der Waals surface area contributed by atoms with Crippen molar-refractivity contribution in [2.75, 3.05) is 7.05 Å². The molecule has 3 unspecified atom stereocenters. The normalized spacial score (nSPS) is 25.4. The van der Waals surface area contributed by atoms with Crippen molar-refractivity contribution in [1.29, 1.82) is 0 Å². The number of carboxylic acids is 1. The zero-order valence-corrected chi connectivity index (χ0v) is 14.2. The van der Waals surface area contributed by atoms with E-state index in [4.69, 9.17) is 23.2 Å². The number of halogens is 2. The summed E-state index contributed by atoms with van der Waals surface area (Å²) in [7, 11) is 1.91. The van der Waals surface area contributed by atoms with Crippen molar-refractivity contribution in [2.24, 2.45) is 10.9 Å². The molecule has 114 valence electrons. The van der Waals surface area contributed by atoms with Crippen molar-refractivity contribution in [3.8, 4) is 0 Å². The molecule has 0 bridgehead atoms. The van der Waals surface area contributed by atoms with Gasteiger partial charge in [-0.1, -0.05) is 41.9 Å². The smallest absolute Gasteiger partial charge is 0.307 e. The molecule has 0 saturated carbocycles. The van der Waals surface area contributed by atoms with Gasteiger partial charge in [-0.25, -0.2) is 4.99 Å². The Labute approximate surface area is 138 Å². The molecule has 4 nitrogen and oxygen atoms in total. The molecular weight excluding hydrogens is 331 g/mol. The van der Waals surface area contributed by atoms with Crippen LogP contribution < -0.4 is 0 Å². The summed E-state index contributed by atoms with van der Waals surface area (Å²) < 4.78 is 0. The van der Waals surface area contributed by atoms with Gasteiger partial charge in [-0.2, -0.15) is 0 Å². The summed E-state index contributed by atoms with van der Waals surface area (Å²) in [6.45, 7) is 3.73. The molecular formula is C14H16Cl2N2O2S. The molecule has 0 aromatic heterocycles. The summed E-state index contributed by atoms with van der Waals surface area (Å²) in [6.07, 6.45) is 0. The van der Waals surface area contributed by atoms with E-state index in [1.807, 2.05) is 18.9 Å². The monoisotopic (exact) mass is 346 g/mol. The van der Waals surface area contributed by atoms with Crippen molar-refractivity contribution in [1.82, 2.24) is 4.90 Å². The van der Waals surface area contributed by atoms with Crippen molar-refractivity contribution < 1.29 is 9.90 Å². The van der Waals surface area contributed by atoms with Gasteiger partial charge in [0.25, 0.3) is 0 Å². The largest absolute Gasteiger partial charge is 0.481 e. The molecule has 0 amide bonds. The van der Waals surface area contributed by atoms with Crippen LogP contribution in [0.4, 0.5) is 5.69 Å². The first-order valence-corrected chi connectivity index (χ1v) is 8.10. The number of thioether (sulfide) groups is 1. The first-order chi connectivity index (χ1) is 9.79. The maximum Gasteiger partial charge on any atom is 0.307 e.